The van der Waals surface area contributed by atoms with Crippen LogP contribution >= 0.6 is 0 Å². The Labute approximate surface area is 174 Å². The summed E-state index contributed by atoms with van der Waals surface area (Å²) < 4.78 is 21.0. The van der Waals surface area contributed by atoms with E-state index in [9.17, 15) is 0 Å². The fourth-order valence-corrected chi connectivity index (χ4v) is 4.30. The van der Waals surface area contributed by atoms with Crippen molar-refractivity contribution in [3.63, 3.8) is 0 Å². The summed E-state index contributed by atoms with van der Waals surface area (Å²) in [4.78, 5) is 16.7. The van der Waals surface area contributed by atoms with Crippen molar-refractivity contribution in [3.05, 3.63) is 23.0 Å². The highest BCUT2D eigenvalue weighted by molar-refractivity contribution is 5.93. The maximum atomic E-state index is 15.1. The van der Waals surface area contributed by atoms with E-state index in [1.54, 1.807) is 6.92 Å². The normalized spacial score (nSPS) is 22.7. The van der Waals surface area contributed by atoms with Gasteiger partial charge in [-0.2, -0.15) is 0 Å². The minimum absolute atomic E-state index is 0.185. The number of fused-ring (bicyclic) bond motifs is 2. The first-order valence-electron chi connectivity index (χ1n) is 11.2. The summed E-state index contributed by atoms with van der Waals surface area (Å²) in [7, 11) is 0. The van der Waals surface area contributed by atoms with E-state index in [1.165, 1.54) is 0 Å². The van der Waals surface area contributed by atoms with E-state index in [0.29, 0.717) is 17.8 Å². The molecule has 2 aromatic heterocycles. The number of halogens is 1. The molecule has 2 aliphatic heterocycles. The number of hydrogen-bond acceptors (Lipinski definition) is 5. The van der Waals surface area contributed by atoms with Gasteiger partial charge in [0, 0.05) is 18.6 Å². The summed E-state index contributed by atoms with van der Waals surface area (Å²) in [5.41, 5.74) is 1.81. The molecule has 4 heterocycles. The number of anilines is 1. The molecule has 1 unspecified atom stereocenters. The maximum absolute atomic E-state index is 15.1. The molecule has 0 spiro atoms. The number of nitrogens with zero attached hydrogens (tertiary/aromatic N) is 4. The Morgan fingerprint density at radius 3 is 2.69 bits per heavy atom. The highest BCUT2D eigenvalue weighted by Gasteiger charge is 2.33. The van der Waals surface area contributed by atoms with Crippen LogP contribution < -0.4 is 4.90 Å². The van der Waals surface area contributed by atoms with E-state index < -0.39 is 0 Å². The lowest BCUT2D eigenvalue weighted by atomic mass is 9.98. The van der Waals surface area contributed by atoms with Crippen LogP contribution in [0.5, 0.6) is 0 Å². The van der Waals surface area contributed by atoms with Gasteiger partial charge in [-0.3, -0.25) is 4.98 Å². The molecule has 0 amide bonds. The molecule has 1 saturated heterocycles. The minimum Gasteiger partial charge on any atom is -0.379 e. The summed E-state index contributed by atoms with van der Waals surface area (Å²) in [5.74, 6) is 1.47. The molecule has 0 aromatic carbocycles. The van der Waals surface area contributed by atoms with Crippen molar-refractivity contribution in [2.75, 3.05) is 18.1 Å². The zero-order chi connectivity index (χ0) is 21.1. The van der Waals surface area contributed by atoms with Gasteiger partial charge in [-0.1, -0.05) is 27.7 Å². The molecule has 2 aromatic rings. The monoisotopic (exact) mass is 402 g/mol. The van der Waals surface area contributed by atoms with Crippen LogP contribution in [0, 0.1) is 12.7 Å². The Bertz CT molecular complexity index is 857. The lowest BCUT2D eigenvalue weighted by Gasteiger charge is -2.37. The molecule has 1 fully saturated rings. The van der Waals surface area contributed by atoms with Crippen molar-refractivity contribution in [1.29, 1.82) is 0 Å². The summed E-state index contributed by atoms with van der Waals surface area (Å²) in [6.45, 7) is 13.6. The molecule has 6 heteroatoms. The molecule has 2 aliphatic rings. The van der Waals surface area contributed by atoms with Crippen LogP contribution in [0.3, 0.4) is 0 Å². The predicted octanol–water partition coefficient (Wildman–Crippen LogP) is 5.33. The summed E-state index contributed by atoms with van der Waals surface area (Å²) in [6.07, 6.45) is 4.74. The first-order chi connectivity index (χ1) is 14.0. The number of aryl methyl sites for hydroxylation is 2. The van der Waals surface area contributed by atoms with Crippen LogP contribution in [0.15, 0.2) is 0 Å². The molecule has 0 radical (unpaired) electrons. The van der Waals surface area contributed by atoms with Crippen LogP contribution in [0.2, 0.25) is 0 Å². The van der Waals surface area contributed by atoms with Crippen molar-refractivity contribution in [1.82, 2.24) is 15.0 Å². The van der Waals surface area contributed by atoms with Crippen LogP contribution in [-0.4, -0.2) is 40.2 Å². The van der Waals surface area contributed by atoms with Gasteiger partial charge in [0.1, 0.15) is 17.2 Å². The minimum atomic E-state index is -0.308. The molecule has 3 atom stereocenters. The number of hydrogen-bond donors (Lipinski definition) is 0. The highest BCUT2D eigenvalue weighted by Crippen LogP contribution is 2.37. The van der Waals surface area contributed by atoms with Gasteiger partial charge < -0.3 is 9.64 Å². The Balaban J connectivity index is 0.00000117. The number of ether oxygens (including phenoxy) is 1. The largest absolute Gasteiger partial charge is 0.379 e. The molecule has 0 saturated carbocycles. The van der Waals surface area contributed by atoms with Crippen LogP contribution in [0.1, 0.15) is 83.4 Å². The first-order valence-corrected chi connectivity index (χ1v) is 11.2. The third-order valence-corrected chi connectivity index (χ3v) is 6.13. The van der Waals surface area contributed by atoms with Crippen molar-refractivity contribution in [2.45, 2.75) is 91.6 Å². The van der Waals surface area contributed by atoms with Gasteiger partial charge in [0.05, 0.1) is 29.4 Å². The molecule has 0 N–H and O–H groups in total. The summed E-state index contributed by atoms with van der Waals surface area (Å²) in [6, 6.07) is 0.554. The van der Waals surface area contributed by atoms with Crippen molar-refractivity contribution in [2.24, 2.45) is 0 Å². The lowest BCUT2D eigenvalue weighted by molar-refractivity contribution is 0.131. The average Bonchev–Trinajstić information content (AvgIpc) is 2.91. The SMILES string of the molecule is CC.CCC(C)c1nc2c3c(nc(C)c(F)c3n1)CCC[C@H]1COCC[C@@H](C)N21. The summed E-state index contributed by atoms with van der Waals surface area (Å²) in [5, 5.41) is 0.809. The number of rotatable bonds is 2. The van der Waals surface area contributed by atoms with Gasteiger partial charge in [-0.15, -0.1) is 0 Å². The molecule has 0 aliphatic carbocycles. The molecule has 5 nitrogen and oxygen atoms in total. The first kappa shape index (κ1) is 21.9. The Kier molecular flexibility index (Phi) is 7.04. The topological polar surface area (TPSA) is 51.1 Å². The molecule has 29 heavy (non-hydrogen) atoms. The second kappa shape index (κ2) is 9.33. The zero-order valence-electron chi connectivity index (χ0n) is 18.8. The quantitative estimate of drug-likeness (QED) is 0.679. The third-order valence-electron chi connectivity index (χ3n) is 6.13. The van der Waals surface area contributed by atoms with Gasteiger partial charge in [0.15, 0.2) is 5.82 Å². The van der Waals surface area contributed by atoms with Gasteiger partial charge in [0.25, 0.3) is 0 Å². The fourth-order valence-electron chi connectivity index (χ4n) is 4.30. The second-order valence-electron chi connectivity index (χ2n) is 8.06. The molecule has 0 bridgehead atoms. The van der Waals surface area contributed by atoms with Gasteiger partial charge in [0.2, 0.25) is 0 Å². The van der Waals surface area contributed by atoms with E-state index in [2.05, 4.69) is 35.6 Å². The van der Waals surface area contributed by atoms with E-state index >= 15 is 4.39 Å². The zero-order valence-corrected chi connectivity index (χ0v) is 18.8. The lowest BCUT2D eigenvalue weighted by Crippen LogP contribution is -2.44. The number of pyridine rings is 1. The molecule has 160 valence electrons. The third kappa shape index (κ3) is 4.09. The van der Waals surface area contributed by atoms with Gasteiger partial charge in [-0.05, 0) is 46.0 Å². The Morgan fingerprint density at radius 2 is 1.97 bits per heavy atom. The standard InChI is InChI=1S/C21H29FN4O.C2H6/c1-5-12(2)20-24-19-17-16(23-14(4)18(19)22)8-6-7-15-11-27-10-9-13(3)26(15)21(17)25-20;1-2/h12-13,15H,5-11H2,1-4H3;1-2H3/t12?,13-,15+;/m1./s1. The van der Waals surface area contributed by atoms with Crippen molar-refractivity contribution >= 4 is 16.7 Å². The average molecular weight is 403 g/mol. The maximum Gasteiger partial charge on any atom is 0.170 e. The van der Waals surface area contributed by atoms with Crippen molar-refractivity contribution < 1.29 is 9.13 Å². The van der Waals surface area contributed by atoms with Gasteiger partial charge >= 0.3 is 0 Å². The predicted molar refractivity (Wildman–Crippen MR) is 116 cm³/mol. The molecular formula is C23H35FN4O. The van der Waals surface area contributed by atoms with Crippen LogP contribution in [-0.2, 0) is 11.2 Å². The smallest absolute Gasteiger partial charge is 0.170 e. The van der Waals surface area contributed by atoms with E-state index in [-0.39, 0.29) is 23.8 Å². The highest BCUT2D eigenvalue weighted by atomic mass is 19.1. The Hall–Kier alpha value is -1.82. The molecule has 4 rings (SSSR count). The molecular weight excluding hydrogens is 367 g/mol. The van der Waals surface area contributed by atoms with Crippen molar-refractivity contribution in [3.8, 4) is 0 Å². The van der Waals surface area contributed by atoms with Crippen LogP contribution in [0.4, 0.5) is 10.2 Å². The summed E-state index contributed by atoms with van der Waals surface area (Å²) >= 11 is 0. The Morgan fingerprint density at radius 1 is 1.21 bits per heavy atom. The second-order valence-corrected chi connectivity index (χ2v) is 8.06. The van der Waals surface area contributed by atoms with Crippen LogP contribution in [0.25, 0.3) is 10.9 Å². The van der Waals surface area contributed by atoms with E-state index in [4.69, 9.17) is 9.72 Å². The van der Waals surface area contributed by atoms with E-state index in [0.717, 1.165) is 61.4 Å². The van der Waals surface area contributed by atoms with E-state index in [1.807, 2.05) is 13.8 Å². The van der Waals surface area contributed by atoms with Gasteiger partial charge in [-0.25, -0.2) is 14.4 Å². The number of aromatic nitrogens is 3. The fraction of sp³-hybridized carbons (Fsp3) is 0.696.